The van der Waals surface area contributed by atoms with Crippen molar-refractivity contribution < 1.29 is 19.1 Å². The van der Waals surface area contributed by atoms with Gasteiger partial charge in [-0.3, -0.25) is 9.59 Å². The van der Waals surface area contributed by atoms with E-state index < -0.39 is 0 Å². The molecule has 0 aliphatic carbocycles. The van der Waals surface area contributed by atoms with Gasteiger partial charge in [-0.15, -0.1) is 0 Å². The summed E-state index contributed by atoms with van der Waals surface area (Å²) >= 11 is 0. The number of hydrogen-bond donors (Lipinski definition) is 0. The average Bonchev–Trinajstić information content (AvgIpc) is 3.14. The van der Waals surface area contributed by atoms with Gasteiger partial charge >= 0.3 is 0 Å². The van der Waals surface area contributed by atoms with Gasteiger partial charge in [0.15, 0.2) is 0 Å². The van der Waals surface area contributed by atoms with E-state index >= 15 is 0 Å². The summed E-state index contributed by atoms with van der Waals surface area (Å²) in [7, 11) is 1.58. The van der Waals surface area contributed by atoms with Gasteiger partial charge in [0.05, 0.1) is 36.8 Å². The van der Waals surface area contributed by atoms with Gasteiger partial charge in [-0.2, -0.15) is 0 Å². The summed E-state index contributed by atoms with van der Waals surface area (Å²) in [6.07, 6.45) is 3.28. The molecule has 2 amide bonds. The molecule has 1 aromatic carbocycles. The van der Waals surface area contributed by atoms with Crippen LogP contribution in [-0.2, 0) is 14.3 Å². The van der Waals surface area contributed by atoms with Crippen molar-refractivity contribution in [2.45, 2.75) is 12.2 Å². The van der Waals surface area contributed by atoms with E-state index in [9.17, 15) is 9.59 Å². The fraction of sp³-hybridized carbons (Fsp3) is 0.333. The Balaban J connectivity index is 1.70. The van der Waals surface area contributed by atoms with Gasteiger partial charge in [0, 0.05) is 0 Å². The molecule has 2 bridgehead atoms. The Kier molecular flexibility index (Phi) is 2.29. The Labute approximate surface area is 115 Å². The van der Waals surface area contributed by atoms with Gasteiger partial charge in [-0.1, -0.05) is 12.2 Å². The predicted molar refractivity (Wildman–Crippen MR) is 70.3 cm³/mol. The predicted octanol–water partition coefficient (Wildman–Crippen LogP) is 1.14. The normalized spacial score (nSPS) is 34.0. The first-order valence-electron chi connectivity index (χ1n) is 6.56. The molecule has 0 saturated carbocycles. The lowest BCUT2D eigenvalue weighted by Crippen LogP contribution is -2.34. The van der Waals surface area contributed by atoms with Crippen molar-refractivity contribution >= 4 is 17.5 Å². The van der Waals surface area contributed by atoms with E-state index in [1.54, 1.807) is 31.4 Å². The first kappa shape index (κ1) is 11.7. The Morgan fingerprint density at radius 1 is 1.00 bits per heavy atom. The molecule has 2 fully saturated rings. The molecule has 2 saturated heterocycles. The van der Waals surface area contributed by atoms with Crippen molar-refractivity contribution in [1.29, 1.82) is 0 Å². The summed E-state index contributed by atoms with van der Waals surface area (Å²) < 4.78 is 10.7. The third-order valence-corrected chi connectivity index (χ3v) is 4.24. The highest BCUT2D eigenvalue weighted by Gasteiger charge is 2.60. The van der Waals surface area contributed by atoms with Crippen LogP contribution in [0.3, 0.4) is 0 Å². The summed E-state index contributed by atoms with van der Waals surface area (Å²) in [6, 6.07) is 6.94. The van der Waals surface area contributed by atoms with Crippen LogP contribution in [-0.4, -0.2) is 31.1 Å². The molecular weight excluding hydrogens is 258 g/mol. The molecular formula is C15H13NO4. The number of carbonyl (C=O) groups is 2. The summed E-state index contributed by atoms with van der Waals surface area (Å²) in [5, 5.41) is 0. The fourth-order valence-corrected chi connectivity index (χ4v) is 3.29. The van der Waals surface area contributed by atoms with Gasteiger partial charge in [0.1, 0.15) is 5.75 Å². The highest BCUT2D eigenvalue weighted by atomic mass is 16.5. The topological polar surface area (TPSA) is 55.8 Å². The highest BCUT2D eigenvalue weighted by Crippen LogP contribution is 2.46. The van der Waals surface area contributed by atoms with Crippen molar-refractivity contribution in [3.63, 3.8) is 0 Å². The van der Waals surface area contributed by atoms with Gasteiger partial charge in [0.2, 0.25) is 11.8 Å². The molecule has 3 heterocycles. The van der Waals surface area contributed by atoms with Gasteiger partial charge < -0.3 is 9.47 Å². The maximum atomic E-state index is 12.5. The molecule has 0 N–H and O–H groups in total. The second-order valence-electron chi connectivity index (χ2n) is 5.21. The number of amides is 2. The second kappa shape index (κ2) is 3.93. The minimum atomic E-state index is -0.361. The van der Waals surface area contributed by atoms with Crippen molar-refractivity contribution in [2.75, 3.05) is 12.0 Å². The minimum Gasteiger partial charge on any atom is -0.497 e. The molecule has 1 aromatic rings. The average molecular weight is 271 g/mol. The summed E-state index contributed by atoms with van der Waals surface area (Å²) in [6.45, 7) is 0. The van der Waals surface area contributed by atoms with E-state index in [0.29, 0.717) is 11.4 Å². The van der Waals surface area contributed by atoms with E-state index in [-0.39, 0.29) is 35.9 Å². The zero-order valence-electron chi connectivity index (χ0n) is 10.9. The maximum absolute atomic E-state index is 12.5. The number of nitrogens with zero attached hydrogens (tertiary/aromatic N) is 1. The first-order chi connectivity index (χ1) is 9.70. The summed E-state index contributed by atoms with van der Waals surface area (Å²) in [5.41, 5.74) is 0.592. The quantitative estimate of drug-likeness (QED) is 0.598. The molecule has 0 radical (unpaired) electrons. The Morgan fingerprint density at radius 3 is 2.05 bits per heavy atom. The SMILES string of the molecule is COc1ccc(N2C(=O)[C@@H]3[C@H](C2=O)[C@H]2C=C[C@@H]3O2)cc1. The molecule has 0 aromatic heterocycles. The molecule has 4 atom stereocenters. The number of benzene rings is 1. The van der Waals surface area contributed by atoms with Crippen molar-refractivity contribution in [2.24, 2.45) is 11.8 Å². The van der Waals surface area contributed by atoms with Crippen LogP contribution in [0, 0.1) is 11.8 Å². The fourth-order valence-electron chi connectivity index (χ4n) is 3.29. The lowest BCUT2D eigenvalue weighted by atomic mass is 9.85. The third-order valence-electron chi connectivity index (χ3n) is 4.24. The van der Waals surface area contributed by atoms with Crippen LogP contribution < -0.4 is 9.64 Å². The van der Waals surface area contributed by atoms with E-state index in [1.807, 2.05) is 12.2 Å². The van der Waals surface area contributed by atoms with Crippen LogP contribution in [0.1, 0.15) is 0 Å². The lowest BCUT2D eigenvalue weighted by Gasteiger charge is -2.17. The standard InChI is InChI=1S/C15H13NO4/c1-19-9-4-2-8(3-5-9)16-14(17)12-10-6-7-11(20-10)13(12)15(16)18/h2-7,10-13H,1H3/t10-,11+,12-,13+. The molecule has 3 aliphatic rings. The smallest absolute Gasteiger partial charge is 0.240 e. The number of carbonyl (C=O) groups excluding carboxylic acids is 2. The van der Waals surface area contributed by atoms with Crippen LogP contribution >= 0.6 is 0 Å². The number of methoxy groups -OCH3 is 1. The summed E-state index contributed by atoms with van der Waals surface area (Å²) in [4.78, 5) is 26.3. The number of ether oxygens (including phenoxy) is 2. The molecule has 0 unspecified atom stereocenters. The van der Waals surface area contributed by atoms with Crippen LogP contribution in [0.15, 0.2) is 36.4 Å². The van der Waals surface area contributed by atoms with E-state index in [4.69, 9.17) is 9.47 Å². The monoisotopic (exact) mass is 271 g/mol. The van der Waals surface area contributed by atoms with Gasteiger partial charge in [0.25, 0.3) is 0 Å². The van der Waals surface area contributed by atoms with Crippen LogP contribution in [0.25, 0.3) is 0 Å². The highest BCUT2D eigenvalue weighted by molar-refractivity contribution is 6.23. The number of rotatable bonds is 2. The third kappa shape index (κ3) is 1.35. The largest absolute Gasteiger partial charge is 0.497 e. The second-order valence-corrected chi connectivity index (χ2v) is 5.21. The molecule has 4 rings (SSSR count). The number of fused-ring (bicyclic) bond motifs is 5. The van der Waals surface area contributed by atoms with E-state index in [0.717, 1.165) is 0 Å². The lowest BCUT2D eigenvalue weighted by molar-refractivity contribution is -0.124. The van der Waals surface area contributed by atoms with Crippen molar-refractivity contribution in [1.82, 2.24) is 0 Å². The zero-order chi connectivity index (χ0) is 13.9. The molecule has 0 spiro atoms. The molecule has 102 valence electrons. The number of hydrogen-bond acceptors (Lipinski definition) is 4. The number of imide groups is 1. The molecule has 3 aliphatic heterocycles. The maximum Gasteiger partial charge on any atom is 0.240 e. The Morgan fingerprint density at radius 2 is 1.55 bits per heavy atom. The Bertz CT molecular complexity index is 591. The van der Waals surface area contributed by atoms with E-state index in [1.165, 1.54) is 4.90 Å². The summed E-state index contributed by atoms with van der Waals surface area (Å²) in [5.74, 6) is -0.360. The van der Waals surface area contributed by atoms with Crippen molar-refractivity contribution in [3.05, 3.63) is 36.4 Å². The Hall–Kier alpha value is -2.14. The van der Waals surface area contributed by atoms with Crippen molar-refractivity contribution in [3.8, 4) is 5.75 Å². The van der Waals surface area contributed by atoms with Crippen LogP contribution in [0.2, 0.25) is 0 Å². The van der Waals surface area contributed by atoms with Crippen LogP contribution in [0.4, 0.5) is 5.69 Å². The van der Waals surface area contributed by atoms with Gasteiger partial charge in [-0.25, -0.2) is 4.90 Å². The first-order valence-corrected chi connectivity index (χ1v) is 6.56. The number of anilines is 1. The zero-order valence-corrected chi connectivity index (χ0v) is 10.9. The van der Waals surface area contributed by atoms with E-state index in [2.05, 4.69) is 0 Å². The minimum absolute atomic E-state index is 0.165. The molecule has 5 heteroatoms. The van der Waals surface area contributed by atoms with Gasteiger partial charge in [-0.05, 0) is 24.3 Å². The van der Waals surface area contributed by atoms with Crippen LogP contribution in [0.5, 0.6) is 5.75 Å². The molecule has 5 nitrogen and oxygen atoms in total. The molecule has 20 heavy (non-hydrogen) atoms.